The van der Waals surface area contributed by atoms with Gasteiger partial charge < -0.3 is 4.74 Å². The Morgan fingerprint density at radius 1 is 1.14 bits per heavy atom. The highest BCUT2D eigenvalue weighted by molar-refractivity contribution is 14.1. The van der Waals surface area contributed by atoms with Crippen LogP contribution in [0.5, 0.6) is 0 Å². The van der Waals surface area contributed by atoms with Crippen molar-refractivity contribution in [2.45, 2.75) is 17.8 Å². The van der Waals surface area contributed by atoms with Crippen LogP contribution in [0, 0.1) is 3.57 Å². The zero-order chi connectivity index (χ0) is 15.2. The number of para-hydroxylation sites is 1. The van der Waals surface area contributed by atoms with Gasteiger partial charge in [-0.15, -0.1) is 0 Å². The van der Waals surface area contributed by atoms with Gasteiger partial charge in [-0.05, 0) is 52.3 Å². The van der Waals surface area contributed by atoms with Crippen LogP contribution in [0.3, 0.4) is 0 Å². The molecule has 3 nitrogen and oxygen atoms in total. The van der Waals surface area contributed by atoms with Crippen LogP contribution in [0.2, 0.25) is 0 Å². The minimum absolute atomic E-state index is 0.154. The second kappa shape index (κ2) is 5.19. The van der Waals surface area contributed by atoms with Crippen LogP contribution in [0.4, 0.5) is 5.69 Å². The molecule has 22 heavy (non-hydrogen) atoms. The minimum atomic E-state index is -0.382. The van der Waals surface area contributed by atoms with E-state index in [9.17, 15) is 4.79 Å². The van der Waals surface area contributed by atoms with E-state index in [1.807, 2.05) is 48.7 Å². The number of hydrogen-bond acceptors (Lipinski definition) is 3. The molecule has 110 valence electrons. The summed E-state index contributed by atoms with van der Waals surface area (Å²) in [6.07, 6.45) is 2.74. The van der Waals surface area contributed by atoms with Gasteiger partial charge in [-0.1, -0.05) is 36.4 Å². The lowest BCUT2D eigenvalue weighted by atomic mass is 9.66. The number of halogens is 1. The summed E-state index contributed by atoms with van der Waals surface area (Å²) in [5, 5.41) is 0. The molecular weight excluding hydrogens is 389 g/mol. The van der Waals surface area contributed by atoms with E-state index in [2.05, 4.69) is 33.6 Å². The van der Waals surface area contributed by atoms with Crippen LogP contribution in [0.1, 0.15) is 23.5 Å². The standard InChI is InChI=1S/C18H14INO2/c19-14-7-3-1-5-12(14)16-17(21)22-10-9-18(16)11-20-15-8-4-2-6-13(15)18/h1-8,11,16H,9-10H2/t16-,18+/m1/s1. The number of rotatable bonds is 1. The van der Waals surface area contributed by atoms with Crippen LogP contribution in [-0.2, 0) is 14.9 Å². The molecule has 0 aliphatic carbocycles. The van der Waals surface area contributed by atoms with Gasteiger partial charge in [0, 0.05) is 9.78 Å². The summed E-state index contributed by atoms with van der Waals surface area (Å²) in [6.45, 7) is 0.444. The van der Waals surface area contributed by atoms with E-state index in [1.165, 1.54) is 0 Å². The molecule has 4 rings (SSSR count). The van der Waals surface area contributed by atoms with Gasteiger partial charge >= 0.3 is 5.97 Å². The molecule has 0 unspecified atom stereocenters. The largest absolute Gasteiger partial charge is 0.465 e. The zero-order valence-electron chi connectivity index (χ0n) is 11.8. The highest BCUT2D eigenvalue weighted by atomic mass is 127. The third kappa shape index (κ3) is 1.93. The molecule has 1 spiro atoms. The van der Waals surface area contributed by atoms with Crippen molar-refractivity contribution in [2.75, 3.05) is 6.61 Å². The lowest BCUT2D eigenvalue weighted by Crippen LogP contribution is -2.44. The monoisotopic (exact) mass is 403 g/mol. The molecule has 0 bridgehead atoms. The summed E-state index contributed by atoms with van der Waals surface area (Å²) in [5.41, 5.74) is 2.74. The summed E-state index contributed by atoms with van der Waals surface area (Å²) in [4.78, 5) is 17.2. The molecule has 2 aromatic rings. The van der Waals surface area contributed by atoms with E-state index in [-0.39, 0.29) is 17.3 Å². The molecule has 0 amide bonds. The Kier molecular flexibility index (Phi) is 3.29. The van der Waals surface area contributed by atoms with E-state index >= 15 is 0 Å². The Hall–Kier alpha value is -1.69. The number of ether oxygens (including phenoxy) is 1. The molecule has 0 radical (unpaired) electrons. The van der Waals surface area contributed by atoms with E-state index in [4.69, 9.17) is 4.74 Å². The topological polar surface area (TPSA) is 38.7 Å². The van der Waals surface area contributed by atoms with Gasteiger partial charge in [-0.2, -0.15) is 0 Å². The van der Waals surface area contributed by atoms with Crippen LogP contribution >= 0.6 is 22.6 Å². The molecule has 1 fully saturated rings. The van der Waals surface area contributed by atoms with Crippen LogP contribution in [0.15, 0.2) is 53.5 Å². The molecular formula is C18H14INO2. The predicted molar refractivity (Wildman–Crippen MR) is 93.7 cm³/mol. The van der Waals surface area contributed by atoms with Gasteiger partial charge in [-0.3, -0.25) is 9.79 Å². The van der Waals surface area contributed by atoms with Crippen molar-refractivity contribution in [2.24, 2.45) is 4.99 Å². The van der Waals surface area contributed by atoms with Crippen molar-refractivity contribution < 1.29 is 9.53 Å². The van der Waals surface area contributed by atoms with Gasteiger partial charge in [0.05, 0.1) is 23.6 Å². The fourth-order valence-corrected chi connectivity index (χ4v) is 4.23. The molecule has 2 atom stereocenters. The molecule has 0 saturated carbocycles. The Labute approximate surface area is 142 Å². The fraction of sp³-hybridized carbons (Fsp3) is 0.222. The van der Waals surface area contributed by atoms with Gasteiger partial charge in [0.2, 0.25) is 0 Å². The first-order valence-electron chi connectivity index (χ1n) is 7.28. The number of nitrogens with zero attached hydrogens (tertiary/aromatic N) is 1. The van der Waals surface area contributed by atoms with Crippen molar-refractivity contribution in [3.05, 3.63) is 63.2 Å². The van der Waals surface area contributed by atoms with Crippen LogP contribution < -0.4 is 0 Å². The Morgan fingerprint density at radius 2 is 1.91 bits per heavy atom. The first kappa shape index (κ1) is 13.9. The van der Waals surface area contributed by atoms with Crippen molar-refractivity contribution >= 4 is 40.5 Å². The number of hydrogen-bond donors (Lipinski definition) is 0. The third-order valence-electron chi connectivity index (χ3n) is 4.57. The molecule has 2 aromatic carbocycles. The van der Waals surface area contributed by atoms with Gasteiger partial charge in [-0.25, -0.2) is 0 Å². The Morgan fingerprint density at radius 3 is 2.77 bits per heavy atom. The normalized spacial score (nSPS) is 26.0. The van der Waals surface area contributed by atoms with Crippen LogP contribution in [-0.4, -0.2) is 18.8 Å². The minimum Gasteiger partial charge on any atom is -0.465 e. The number of esters is 1. The third-order valence-corrected chi connectivity index (χ3v) is 5.55. The predicted octanol–water partition coefficient (Wildman–Crippen LogP) is 3.98. The summed E-state index contributed by atoms with van der Waals surface area (Å²) >= 11 is 2.29. The zero-order valence-corrected chi connectivity index (χ0v) is 14.0. The maximum Gasteiger partial charge on any atom is 0.314 e. The highest BCUT2D eigenvalue weighted by Crippen LogP contribution is 2.51. The second-order valence-electron chi connectivity index (χ2n) is 5.69. The number of aliphatic imine (C=N–C) groups is 1. The number of benzene rings is 2. The molecule has 2 aliphatic rings. The van der Waals surface area contributed by atoms with Crippen molar-refractivity contribution in [1.29, 1.82) is 0 Å². The van der Waals surface area contributed by atoms with Gasteiger partial charge in [0.15, 0.2) is 0 Å². The summed E-state index contributed by atoms with van der Waals surface area (Å²) < 4.78 is 6.48. The second-order valence-corrected chi connectivity index (χ2v) is 6.85. The van der Waals surface area contributed by atoms with E-state index in [1.54, 1.807) is 0 Å². The smallest absolute Gasteiger partial charge is 0.314 e. The highest BCUT2D eigenvalue weighted by Gasteiger charge is 2.51. The molecule has 2 aliphatic heterocycles. The van der Waals surface area contributed by atoms with Crippen molar-refractivity contribution in [3.8, 4) is 0 Å². The van der Waals surface area contributed by atoms with Gasteiger partial charge in [0.1, 0.15) is 0 Å². The fourth-order valence-electron chi connectivity index (χ4n) is 3.54. The molecule has 4 heteroatoms. The quantitative estimate of drug-likeness (QED) is 0.534. The summed E-state index contributed by atoms with van der Waals surface area (Å²) in [5.74, 6) is -0.486. The lowest BCUT2D eigenvalue weighted by Gasteiger charge is -2.39. The van der Waals surface area contributed by atoms with Crippen molar-refractivity contribution in [1.82, 2.24) is 0 Å². The summed E-state index contributed by atoms with van der Waals surface area (Å²) in [7, 11) is 0. The van der Waals surface area contributed by atoms with E-state index < -0.39 is 0 Å². The Balaban J connectivity index is 1.93. The van der Waals surface area contributed by atoms with Crippen LogP contribution in [0.25, 0.3) is 0 Å². The van der Waals surface area contributed by atoms with Gasteiger partial charge in [0.25, 0.3) is 0 Å². The SMILES string of the molecule is O=C1OCC[C@@]2(C=Nc3ccccc32)[C@@H]1c1ccccc1I. The number of carbonyl (C=O) groups is 1. The molecule has 1 saturated heterocycles. The van der Waals surface area contributed by atoms with E-state index in [0.29, 0.717) is 6.61 Å². The molecule has 0 aromatic heterocycles. The summed E-state index contributed by atoms with van der Waals surface area (Å²) in [6, 6.07) is 16.1. The first-order chi connectivity index (χ1) is 10.7. The Bertz CT molecular complexity index is 786. The lowest BCUT2D eigenvalue weighted by molar-refractivity contribution is -0.151. The average Bonchev–Trinajstić information content (AvgIpc) is 2.89. The maximum absolute atomic E-state index is 12.6. The number of carbonyl (C=O) groups excluding carboxylic acids is 1. The number of cyclic esters (lactones) is 1. The van der Waals surface area contributed by atoms with E-state index in [0.717, 1.165) is 26.8 Å². The molecule has 2 heterocycles. The maximum atomic E-state index is 12.6. The number of fused-ring (bicyclic) bond motifs is 2. The van der Waals surface area contributed by atoms with Crippen molar-refractivity contribution in [3.63, 3.8) is 0 Å². The average molecular weight is 403 g/mol. The molecule has 0 N–H and O–H groups in total. The first-order valence-corrected chi connectivity index (χ1v) is 8.36.